The minimum atomic E-state index is -0.285. The maximum atomic E-state index is 12.1. The maximum absolute atomic E-state index is 12.1. The molecule has 0 aliphatic carbocycles. The van der Waals surface area contributed by atoms with Crippen molar-refractivity contribution >= 4 is 5.91 Å². The molecule has 1 aliphatic rings. The van der Waals surface area contributed by atoms with Crippen molar-refractivity contribution in [1.29, 1.82) is 0 Å². The summed E-state index contributed by atoms with van der Waals surface area (Å²) in [4.78, 5) is 21.6. The summed E-state index contributed by atoms with van der Waals surface area (Å²) in [6.45, 7) is 3.21. The fourth-order valence-corrected chi connectivity index (χ4v) is 2.18. The van der Waals surface area contributed by atoms with Crippen molar-refractivity contribution in [3.63, 3.8) is 0 Å². The summed E-state index contributed by atoms with van der Waals surface area (Å²) in [5.41, 5.74) is 0.531. The van der Waals surface area contributed by atoms with E-state index in [4.69, 9.17) is 0 Å². The van der Waals surface area contributed by atoms with Gasteiger partial charge in [-0.1, -0.05) is 0 Å². The van der Waals surface area contributed by atoms with Crippen molar-refractivity contribution in [2.75, 3.05) is 13.1 Å². The predicted octanol–water partition coefficient (Wildman–Crippen LogP) is 0.710. The van der Waals surface area contributed by atoms with Gasteiger partial charge in [0.05, 0.1) is 11.7 Å². The van der Waals surface area contributed by atoms with Crippen LogP contribution in [0.3, 0.4) is 0 Å². The molecule has 0 bridgehead atoms. The van der Waals surface area contributed by atoms with Crippen LogP contribution in [-0.2, 0) is 0 Å². The Morgan fingerprint density at radius 3 is 2.53 bits per heavy atom. The van der Waals surface area contributed by atoms with Gasteiger partial charge in [-0.2, -0.15) is 0 Å². The van der Waals surface area contributed by atoms with Crippen molar-refractivity contribution in [3.05, 3.63) is 24.3 Å². The van der Waals surface area contributed by atoms with Crippen molar-refractivity contribution in [2.45, 2.75) is 25.9 Å². The standard InChI is InChI=1S/C12H17N3O2/c1-9(16)10-2-4-15(5-3-10)12(17)11-6-13-8-14-7-11/h6-10,16H,2-5H2,1H3. The Balaban J connectivity index is 1.95. The first-order valence-electron chi connectivity index (χ1n) is 5.91. The van der Waals surface area contributed by atoms with Crippen LogP contribution < -0.4 is 0 Å². The number of piperidine rings is 1. The average molecular weight is 235 g/mol. The van der Waals surface area contributed by atoms with E-state index in [9.17, 15) is 9.90 Å². The molecule has 5 heteroatoms. The fourth-order valence-electron chi connectivity index (χ4n) is 2.18. The van der Waals surface area contributed by atoms with E-state index in [0.717, 1.165) is 12.8 Å². The molecule has 1 aromatic heterocycles. The maximum Gasteiger partial charge on any atom is 0.256 e. The molecule has 0 aromatic carbocycles. The van der Waals surface area contributed by atoms with E-state index in [2.05, 4.69) is 9.97 Å². The largest absolute Gasteiger partial charge is 0.393 e. The van der Waals surface area contributed by atoms with Crippen LogP contribution in [0.1, 0.15) is 30.1 Å². The van der Waals surface area contributed by atoms with Crippen LogP contribution in [0.25, 0.3) is 0 Å². The number of hydrogen-bond donors (Lipinski definition) is 1. The first kappa shape index (κ1) is 12.0. The summed E-state index contributed by atoms with van der Waals surface area (Å²) in [5, 5.41) is 9.50. The van der Waals surface area contributed by atoms with Gasteiger partial charge in [-0.15, -0.1) is 0 Å². The molecule has 1 saturated heterocycles. The number of aliphatic hydroxyl groups excluding tert-OH is 1. The normalized spacial score (nSPS) is 19.1. The number of aliphatic hydroxyl groups is 1. The highest BCUT2D eigenvalue weighted by Gasteiger charge is 2.26. The molecule has 1 atom stereocenters. The third-order valence-electron chi connectivity index (χ3n) is 3.32. The molecule has 5 nitrogen and oxygen atoms in total. The number of likely N-dealkylation sites (tertiary alicyclic amines) is 1. The number of aromatic nitrogens is 2. The molecular formula is C12H17N3O2. The summed E-state index contributed by atoms with van der Waals surface area (Å²) < 4.78 is 0. The van der Waals surface area contributed by atoms with E-state index in [1.54, 1.807) is 4.90 Å². The molecule has 1 fully saturated rings. The van der Waals surface area contributed by atoms with Crippen molar-refractivity contribution in [3.8, 4) is 0 Å². The summed E-state index contributed by atoms with van der Waals surface area (Å²) in [7, 11) is 0. The highest BCUT2D eigenvalue weighted by Crippen LogP contribution is 2.21. The van der Waals surface area contributed by atoms with Gasteiger partial charge in [0.2, 0.25) is 0 Å². The molecule has 92 valence electrons. The van der Waals surface area contributed by atoms with Gasteiger partial charge >= 0.3 is 0 Å². The van der Waals surface area contributed by atoms with Crippen LogP contribution in [0.5, 0.6) is 0 Å². The number of amides is 1. The molecule has 0 radical (unpaired) electrons. The summed E-state index contributed by atoms with van der Waals surface area (Å²) in [6, 6.07) is 0. The lowest BCUT2D eigenvalue weighted by Gasteiger charge is -2.33. The molecular weight excluding hydrogens is 218 g/mol. The van der Waals surface area contributed by atoms with E-state index in [-0.39, 0.29) is 12.0 Å². The van der Waals surface area contributed by atoms with Crippen molar-refractivity contribution in [2.24, 2.45) is 5.92 Å². The van der Waals surface area contributed by atoms with Crippen LogP contribution in [-0.4, -0.2) is 45.1 Å². The van der Waals surface area contributed by atoms with Crippen LogP contribution in [0.2, 0.25) is 0 Å². The Bertz CT molecular complexity index is 373. The van der Waals surface area contributed by atoms with E-state index in [1.165, 1.54) is 18.7 Å². The minimum Gasteiger partial charge on any atom is -0.393 e. The number of nitrogens with zero attached hydrogens (tertiary/aromatic N) is 3. The highest BCUT2D eigenvalue weighted by molar-refractivity contribution is 5.93. The van der Waals surface area contributed by atoms with Gasteiger partial charge in [0.1, 0.15) is 6.33 Å². The number of rotatable bonds is 2. The Labute approximate surface area is 100 Å². The molecule has 17 heavy (non-hydrogen) atoms. The first-order valence-corrected chi connectivity index (χ1v) is 5.91. The molecule has 0 spiro atoms. The van der Waals surface area contributed by atoms with Gasteiger partial charge < -0.3 is 10.0 Å². The number of carbonyl (C=O) groups excluding carboxylic acids is 1. The monoisotopic (exact) mass is 235 g/mol. The van der Waals surface area contributed by atoms with Crippen LogP contribution >= 0.6 is 0 Å². The van der Waals surface area contributed by atoms with Crippen LogP contribution in [0.4, 0.5) is 0 Å². The smallest absolute Gasteiger partial charge is 0.256 e. The second-order valence-electron chi connectivity index (χ2n) is 4.50. The Kier molecular flexibility index (Phi) is 3.68. The predicted molar refractivity (Wildman–Crippen MR) is 62.3 cm³/mol. The third kappa shape index (κ3) is 2.79. The number of hydrogen-bond acceptors (Lipinski definition) is 4. The lowest BCUT2D eigenvalue weighted by molar-refractivity contribution is 0.0521. The van der Waals surface area contributed by atoms with Gasteiger partial charge in [-0.25, -0.2) is 9.97 Å². The Hall–Kier alpha value is -1.49. The summed E-state index contributed by atoms with van der Waals surface area (Å²) in [6.07, 6.45) is 5.92. The minimum absolute atomic E-state index is 0.0188. The van der Waals surface area contributed by atoms with Gasteiger partial charge in [-0.05, 0) is 25.7 Å². The zero-order valence-corrected chi connectivity index (χ0v) is 9.91. The van der Waals surface area contributed by atoms with E-state index >= 15 is 0 Å². The van der Waals surface area contributed by atoms with Gasteiger partial charge in [0.25, 0.3) is 5.91 Å². The number of carbonyl (C=O) groups is 1. The van der Waals surface area contributed by atoms with E-state index in [1.807, 2.05) is 6.92 Å². The van der Waals surface area contributed by atoms with Crippen LogP contribution in [0.15, 0.2) is 18.7 Å². The van der Waals surface area contributed by atoms with Gasteiger partial charge in [0, 0.05) is 25.5 Å². The third-order valence-corrected chi connectivity index (χ3v) is 3.32. The molecule has 1 aliphatic heterocycles. The SMILES string of the molecule is CC(O)C1CCN(C(=O)c2cncnc2)CC1. The quantitative estimate of drug-likeness (QED) is 0.819. The molecule has 2 rings (SSSR count). The van der Waals surface area contributed by atoms with Crippen molar-refractivity contribution < 1.29 is 9.90 Å². The van der Waals surface area contributed by atoms with E-state index in [0.29, 0.717) is 24.6 Å². The van der Waals surface area contributed by atoms with Gasteiger partial charge in [-0.3, -0.25) is 4.79 Å². The van der Waals surface area contributed by atoms with Gasteiger partial charge in [0.15, 0.2) is 0 Å². The van der Waals surface area contributed by atoms with Crippen LogP contribution in [0, 0.1) is 5.92 Å². The Morgan fingerprint density at radius 2 is 2.00 bits per heavy atom. The molecule has 1 aromatic rings. The second-order valence-corrected chi connectivity index (χ2v) is 4.50. The lowest BCUT2D eigenvalue weighted by Crippen LogP contribution is -2.40. The Morgan fingerprint density at radius 1 is 1.41 bits per heavy atom. The summed E-state index contributed by atoms with van der Waals surface area (Å²) in [5.74, 6) is 0.292. The summed E-state index contributed by atoms with van der Waals surface area (Å²) >= 11 is 0. The highest BCUT2D eigenvalue weighted by atomic mass is 16.3. The second kappa shape index (κ2) is 5.23. The average Bonchev–Trinajstić information content (AvgIpc) is 2.39. The molecule has 1 N–H and O–H groups in total. The van der Waals surface area contributed by atoms with E-state index < -0.39 is 0 Å². The molecule has 1 amide bonds. The zero-order valence-electron chi connectivity index (χ0n) is 9.91. The molecule has 2 heterocycles. The molecule has 0 saturated carbocycles. The fraction of sp³-hybridized carbons (Fsp3) is 0.583. The lowest BCUT2D eigenvalue weighted by atomic mass is 9.92. The molecule has 1 unspecified atom stereocenters. The van der Waals surface area contributed by atoms with Crippen molar-refractivity contribution in [1.82, 2.24) is 14.9 Å². The topological polar surface area (TPSA) is 66.3 Å². The first-order chi connectivity index (χ1) is 8.18. The zero-order chi connectivity index (χ0) is 12.3.